The molecular weight excluding hydrogens is 1730 g/mol. The number of hydrogen-bond donors (Lipinski definition) is 4. The molecule has 41 heteroatoms. The Morgan fingerprint density at radius 1 is 0.398 bits per heavy atom. The van der Waals surface area contributed by atoms with Gasteiger partial charge in [-0.2, -0.15) is 52.7 Å². The summed E-state index contributed by atoms with van der Waals surface area (Å²) in [4.78, 5) is 52.1. The van der Waals surface area contributed by atoms with Crippen molar-refractivity contribution in [1.29, 1.82) is 0 Å². The van der Waals surface area contributed by atoms with E-state index in [9.17, 15) is 97.1 Å². The second-order valence-electron chi connectivity index (χ2n) is 29.8. The first-order chi connectivity index (χ1) is 57.3. The van der Waals surface area contributed by atoms with Gasteiger partial charge in [0.05, 0.1) is 37.8 Å². The fourth-order valence-corrected chi connectivity index (χ4v) is 18.4. The number of aromatic amines is 2. The van der Waals surface area contributed by atoms with E-state index in [2.05, 4.69) is 43.7 Å². The molecule has 647 valence electrons. The van der Waals surface area contributed by atoms with Crippen LogP contribution in [-0.2, 0) is 78.7 Å². The molecule has 4 aromatic heterocycles. The number of carbonyl (C=O) groups is 4. The minimum absolute atomic E-state index is 0. The number of amides is 2. The van der Waals surface area contributed by atoms with Crippen molar-refractivity contribution >= 4 is 116 Å². The van der Waals surface area contributed by atoms with Crippen LogP contribution in [0.15, 0.2) is 203 Å². The maximum absolute atomic E-state index is 13.3. The summed E-state index contributed by atoms with van der Waals surface area (Å²) in [5.41, 5.74) is 6.94. The van der Waals surface area contributed by atoms with Crippen molar-refractivity contribution in [3.8, 4) is 23.0 Å². The van der Waals surface area contributed by atoms with Crippen LogP contribution in [-0.4, -0.2) is 185 Å². The van der Waals surface area contributed by atoms with Gasteiger partial charge >= 0.3 is 78.0 Å². The smallest absolute Gasteiger partial charge is 1.00 e. The molecule has 0 saturated heterocycles. The molecule has 7 aromatic carbocycles. The van der Waals surface area contributed by atoms with Gasteiger partial charge in [-0.25, -0.2) is 42.8 Å². The number of nitrogens with zero attached hydrogens (tertiary/aromatic N) is 4. The third kappa shape index (κ3) is 21.8. The number of benzene rings is 7. The van der Waals surface area contributed by atoms with Crippen molar-refractivity contribution in [2.75, 3.05) is 26.4 Å². The van der Waals surface area contributed by atoms with Gasteiger partial charge in [-0.3, -0.25) is 9.59 Å². The summed E-state index contributed by atoms with van der Waals surface area (Å²) in [7, 11) is -6.08. The molecule has 3 radical (unpaired) electrons. The van der Waals surface area contributed by atoms with Crippen LogP contribution in [0.2, 0.25) is 0 Å². The van der Waals surface area contributed by atoms with E-state index in [-0.39, 0.29) is 80.9 Å². The molecule has 19 rings (SSSR count). The summed E-state index contributed by atoms with van der Waals surface area (Å²) < 4.78 is 248. The van der Waals surface area contributed by atoms with Gasteiger partial charge in [0.15, 0.2) is 0 Å². The molecule has 4 fully saturated rings. The fraction of sp³-hybridized carbons (Fsp3) is 0.341. The van der Waals surface area contributed by atoms with Crippen molar-refractivity contribution in [2.45, 2.75) is 165 Å². The maximum atomic E-state index is 13.3. The maximum Gasteiger partial charge on any atom is 1.00 e. The van der Waals surface area contributed by atoms with E-state index in [0.29, 0.717) is 89.2 Å². The van der Waals surface area contributed by atoms with Crippen LogP contribution in [0.25, 0.3) is 43.6 Å². The Morgan fingerprint density at radius 3 is 1.07 bits per heavy atom. The van der Waals surface area contributed by atoms with Gasteiger partial charge in [-0.05, 0) is 184 Å². The van der Waals surface area contributed by atoms with Crippen LogP contribution >= 0.6 is 10.7 Å². The van der Waals surface area contributed by atoms with E-state index in [1.54, 1.807) is 97.3 Å². The van der Waals surface area contributed by atoms with Gasteiger partial charge in [-0.15, -0.1) is 0 Å². The SMILES string of the molecule is O=C(N(C1CC1)C1COc2cccc3[nH]cc(c23)C1)C(F)(F)F.O=C(N(C1CC1)C1COc2cccc3c2c(cn3S(=O)(=O)c2ccccc2)C1)C(F)(F)F.O=C(OC(=O)C(F)(F)F)C(F)(F)F.O=S(=O)(Cl)c1ccccc1.O=S(=O)(c1ccccc1)n1cc2c3c(cccc31)OCC(NC1CC1)C2.[B].[H-].[Na+].c1cc2c3c(c[nH]c3c1)CC(NC1CC1)CO2. The number of esters is 2. The Hall–Kier alpha value is -9.74. The number of carbonyl (C=O) groups excluding carboxylic acids is 4. The van der Waals surface area contributed by atoms with Gasteiger partial charge in [0, 0.05) is 113 Å². The van der Waals surface area contributed by atoms with Crippen molar-refractivity contribution in [3.05, 3.63) is 211 Å². The summed E-state index contributed by atoms with van der Waals surface area (Å²) in [5.74, 6) is -7.21. The van der Waals surface area contributed by atoms with Crippen molar-refractivity contribution < 1.29 is 152 Å². The Labute approximate surface area is 725 Å². The molecule has 4 N–H and O–H groups in total. The number of rotatable bonds is 13. The van der Waals surface area contributed by atoms with Crippen LogP contribution in [0.4, 0.5) is 52.7 Å². The van der Waals surface area contributed by atoms with Crippen LogP contribution in [0.1, 0.15) is 75.0 Å². The molecule has 4 atom stereocenters. The average Bonchev–Trinajstić information content (AvgIpc) is 1.59. The Kier molecular flexibility index (Phi) is 28.0. The number of alkyl halides is 12. The van der Waals surface area contributed by atoms with Gasteiger partial charge in [0.1, 0.15) is 49.4 Å². The molecule has 4 saturated carbocycles. The molecule has 23 nitrogen and oxygen atoms in total. The summed E-state index contributed by atoms with van der Waals surface area (Å²) in [6.07, 6.45) is -4.40. The minimum Gasteiger partial charge on any atom is -1.00 e. The molecule has 0 bridgehead atoms. The Bertz CT molecular complexity index is 6020. The van der Waals surface area contributed by atoms with Gasteiger partial charge in [0.25, 0.3) is 29.1 Å². The van der Waals surface area contributed by atoms with Gasteiger partial charge < -0.3 is 55.5 Å². The number of hydrogen-bond acceptors (Lipinski definition) is 17. The summed E-state index contributed by atoms with van der Waals surface area (Å²) in [6.45, 7) is 1.36. The summed E-state index contributed by atoms with van der Waals surface area (Å²) >= 11 is 0. The Morgan fingerprint density at radius 2 is 0.724 bits per heavy atom. The third-order valence-electron chi connectivity index (χ3n) is 20.7. The van der Waals surface area contributed by atoms with Crippen LogP contribution in [0.3, 0.4) is 0 Å². The van der Waals surface area contributed by atoms with E-state index < -0.39 is 95.7 Å². The Balaban J connectivity index is 0.000000149. The molecule has 4 aliphatic carbocycles. The second-order valence-corrected chi connectivity index (χ2v) is 36.0. The molecule has 11 aromatic rings. The average molecular weight is 1810 g/mol. The van der Waals surface area contributed by atoms with E-state index >= 15 is 0 Å². The van der Waals surface area contributed by atoms with E-state index in [1.807, 2.05) is 42.5 Å². The van der Waals surface area contributed by atoms with E-state index in [1.165, 1.54) is 76.6 Å². The first-order valence-corrected chi connectivity index (χ1v) is 43.3. The molecule has 2 amide bonds. The number of halogens is 13. The van der Waals surface area contributed by atoms with Crippen LogP contribution in [0.5, 0.6) is 23.0 Å². The number of aromatic nitrogens is 4. The molecule has 8 aliphatic rings. The van der Waals surface area contributed by atoms with Crippen molar-refractivity contribution in [1.82, 2.24) is 38.3 Å². The standard InChI is InChI=1S/C22H19F3N2O4S.C20H20N2O3S.C16H15F3N2O2.C14H16N2O.C6H5ClO2S.C4F6O3.B.Na.H/c23-22(24,25)21(28)27(15-9-10-15)16-11-14-12-26(32(29,30)17-5-2-1-3-6-17)18-7-4-8-19(20(14)18)31-13-16;23-26(24,17-5-2-1-3-6-17)22-12-14-11-16(21-15-9-10-15)13-25-19-8-4-7-18(22)20(14)19;17-16(18,19)15(22)21(10-4-5-10)11-6-9-7-20-12-2-1-3-13(14(9)12)23-8-11;1-2-12-14-9(7-15-12)6-11(16-10-4-5-10)8-17-13(14)3-1;7-10(8,9)6-4-2-1-3-5-6;5-3(6,7)1(11)13-2(12)4(8,9)10;;;/h1-8,12,15-16H,9-11,13H2;1-8,12,15-16,21H,9-11,13H2;1-3,7,10-11,20H,4-6,8H2;1-3,7,10-11,15-16H,4-6,8H2;1-5H;;;;/q;;;;;;;+1;-1. The van der Waals surface area contributed by atoms with Crippen molar-refractivity contribution in [2.24, 2.45) is 0 Å². The zero-order chi connectivity index (χ0) is 86.3. The summed E-state index contributed by atoms with van der Waals surface area (Å²) in [6, 6.07) is 46.3. The van der Waals surface area contributed by atoms with Crippen LogP contribution in [0, 0.1) is 0 Å². The normalized spacial score (nSPS) is 18.5. The van der Waals surface area contributed by atoms with Gasteiger partial charge in [-0.1, -0.05) is 78.9 Å². The predicted octanol–water partition coefficient (Wildman–Crippen LogP) is 11.4. The summed E-state index contributed by atoms with van der Waals surface area (Å²) in [5, 5.41) is 10.9. The van der Waals surface area contributed by atoms with E-state index in [4.69, 9.17) is 29.6 Å². The monoisotopic (exact) mass is 1810 g/mol. The predicted molar refractivity (Wildman–Crippen MR) is 424 cm³/mol. The first-order valence-electron chi connectivity index (χ1n) is 38.1. The first kappa shape index (κ1) is 92.4. The zero-order valence-corrected chi connectivity index (χ0v) is 70.2. The molecule has 8 heterocycles. The largest absolute Gasteiger partial charge is 1.00 e. The second kappa shape index (κ2) is 37.2. The molecule has 4 aliphatic heterocycles. The fourth-order valence-electron chi connectivity index (χ4n) is 14.8. The third-order valence-corrected chi connectivity index (χ3v) is 25.5. The van der Waals surface area contributed by atoms with Crippen molar-refractivity contribution in [3.63, 3.8) is 0 Å². The number of H-pyrrole nitrogens is 2. The van der Waals surface area contributed by atoms with Crippen LogP contribution < -0.4 is 59.1 Å². The molecule has 123 heavy (non-hydrogen) atoms. The topological polar surface area (TPSA) is 289 Å². The molecule has 0 spiro atoms. The quantitative estimate of drug-likeness (QED) is 0.0274. The van der Waals surface area contributed by atoms with Gasteiger partial charge in [0.2, 0.25) is 0 Å². The molecular formula is C82H76BClF12N8NaO15S3. The van der Waals surface area contributed by atoms with E-state index in [0.717, 1.165) is 78.2 Å². The molecule has 4 unspecified atom stereocenters. The number of nitrogens with one attached hydrogen (secondary N) is 4. The minimum atomic E-state index is -5.62. The number of ether oxygens (including phenoxy) is 5. The zero-order valence-electron chi connectivity index (χ0n) is 66.0.